The molecule has 29 heavy (non-hydrogen) atoms. The van der Waals surface area contributed by atoms with Gasteiger partial charge in [-0.15, -0.1) is 0 Å². The second kappa shape index (κ2) is 8.04. The van der Waals surface area contributed by atoms with E-state index in [9.17, 15) is 13.2 Å². The fourth-order valence-corrected chi connectivity index (χ4v) is 3.99. The maximum absolute atomic E-state index is 12.2. The Kier molecular flexibility index (Phi) is 5.30. The van der Waals surface area contributed by atoms with E-state index in [0.29, 0.717) is 23.1 Å². The lowest BCUT2D eigenvalue weighted by Crippen LogP contribution is -2.32. The van der Waals surface area contributed by atoms with Gasteiger partial charge in [0.15, 0.2) is 15.7 Å². The number of carbonyl (C=O) groups excluding carboxylic acids is 1. The van der Waals surface area contributed by atoms with Gasteiger partial charge in [-0.05, 0) is 43.2 Å². The van der Waals surface area contributed by atoms with Crippen molar-refractivity contribution in [3.05, 3.63) is 60.4 Å². The smallest absolute Gasteiger partial charge is 0.319 e. The number of sulfone groups is 1. The third-order valence-corrected chi connectivity index (χ3v) is 6.24. The van der Waals surface area contributed by atoms with Crippen molar-refractivity contribution >= 4 is 21.6 Å². The Balaban J connectivity index is 1.32. The number of amides is 2. The normalized spacial score (nSPS) is 13.8. The van der Waals surface area contributed by atoms with Crippen molar-refractivity contribution in [2.45, 2.75) is 23.7 Å². The van der Waals surface area contributed by atoms with Gasteiger partial charge < -0.3 is 15.2 Å². The molecule has 0 bridgehead atoms. The van der Waals surface area contributed by atoms with E-state index < -0.39 is 15.9 Å². The molecule has 2 N–H and O–H groups in total. The third kappa shape index (κ3) is 4.80. The van der Waals surface area contributed by atoms with E-state index >= 15 is 0 Å². The predicted molar refractivity (Wildman–Crippen MR) is 107 cm³/mol. The molecule has 0 atom stereocenters. The second-order valence-electron chi connectivity index (χ2n) is 6.83. The molecule has 0 spiro atoms. The van der Waals surface area contributed by atoms with E-state index in [1.54, 1.807) is 36.4 Å². The number of nitrogens with zero attached hydrogens (tertiary/aromatic N) is 2. The lowest BCUT2D eigenvalue weighted by Gasteiger charge is -2.09. The average Bonchev–Trinajstić information content (AvgIpc) is 3.45. The quantitative estimate of drug-likeness (QED) is 0.616. The van der Waals surface area contributed by atoms with Gasteiger partial charge in [0.2, 0.25) is 0 Å². The monoisotopic (exact) mass is 412 g/mol. The van der Waals surface area contributed by atoms with Crippen molar-refractivity contribution in [2.75, 3.05) is 17.6 Å². The number of hydrogen-bond acceptors (Lipinski definition) is 6. The maximum atomic E-state index is 12.2. The van der Waals surface area contributed by atoms with Crippen LogP contribution in [0.3, 0.4) is 0 Å². The lowest BCUT2D eigenvalue weighted by molar-refractivity contribution is 0.252. The molecular formula is C20H20N4O4S. The molecule has 1 saturated carbocycles. The van der Waals surface area contributed by atoms with E-state index in [2.05, 4.69) is 20.8 Å². The van der Waals surface area contributed by atoms with Crippen LogP contribution in [0, 0.1) is 0 Å². The number of hydrogen-bond donors (Lipinski definition) is 2. The van der Waals surface area contributed by atoms with Crippen LogP contribution < -0.4 is 10.6 Å². The molecule has 3 aromatic rings. The van der Waals surface area contributed by atoms with Gasteiger partial charge in [0.1, 0.15) is 0 Å². The minimum absolute atomic E-state index is 0.00282. The van der Waals surface area contributed by atoms with Crippen LogP contribution in [0.25, 0.3) is 11.5 Å². The fraction of sp³-hybridized carbons (Fsp3) is 0.250. The maximum Gasteiger partial charge on any atom is 0.319 e. The van der Waals surface area contributed by atoms with Gasteiger partial charge in [-0.1, -0.05) is 29.4 Å². The summed E-state index contributed by atoms with van der Waals surface area (Å²) >= 11 is 0. The Morgan fingerprint density at radius 2 is 1.90 bits per heavy atom. The molecular weight excluding hydrogens is 392 g/mol. The molecule has 0 saturated heterocycles. The van der Waals surface area contributed by atoms with Gasteiger partial charge >= 0.3 is 6.03 Å². The van der Waals surface area contributed by atoms with E-state index in [-0.39, 0.29) is 17.2 Å². The van der Waals surface area contributed by atoms with Gasteiger partial charge in [-0.2, -0.15) is 4.98 Å². The predicted octanol–water partition coefficient (Wildman–Crippen LogP) is 3.21. The van der Waals surface area contributed by atoms with E-state index in [4.69, 9.17) is 4.52 Å². The van der Waals surface area contributed by atoms with Crippen molar-refractivity contribution in [3.63, 3.8) is 0 Å². The Morgan fingerprint density at radius 1 is 1.10 bits per heavy atom. The minimum Gasteiger partial charge on any atom is -0.337 e. The van der Waals surface area contributed by atoms with Gasteiger partial charge in [-0.3, -0.25) is 0 Å². The van der Waals surface area contributed by atoms with Gasteiger partial charge in [0, 0.05) is 23.7 Å². The topological polar surface area (TPSA) is 114 Å². The highest BCUT2D eigenvalue weighted by atomic mass is 32.2. The molecule has 2 amide bonds. The van der Waals surface area contributed by atoms with Crippen molar-refractivity contribution in [1.82, 2.24) is 15.5 Å². The first kappa shape index (κ1) is 19.1. The molecule has 8 nitrogen and oxygen atoms in total. The number of urea groups is 1. The Labute approximate surface area is 168 Å². The zero-order chi connectivity index (χ0) is 20.3. The third-order valence-electron chi connectivity index (χ3n) is 4.51. The van der Waals surface area contributed by atoms with Gasteiger partial charge in [0.05, 0.1) is 10.6 Å². The summed E-state index contributed by atoms with van der Waals surface area (Å²) in [6, 6.07) is 14.7. The number of anilines is 1. The largest absolute Gasteiger partial charge is 0.337 e. The van der Waals surface area contributed by atoms with Crippen LogP contribution in [-0.4, -0.2) is 36.9 Å². The summed E-state index contributed by atoms with van der Waals surface area (Å²) in [5.41, 5.74) is 1.24. The first-order chi connectivity index (χ1) is 14.0. The molecule has 2 aromatic carbocycles. The summed E-state index contributed by atoms with van der Waals surface area (Å²) in [5, 5.41) is 9.24. The Morgan fingerprint density at radius 3 is 2.66 bits per heavy atom. The Bertz CT molecular complexity index is 1110. The molecule has 4 rings (SSSR count). The minimum atomic E-state index is -3.44. The van der Waals surface area contributed by atoms with Crippen LogP contribution in [0.1, 0.15) is 24.6 Å². The van der Waals surface area contributed by atoms with Crippen LogP contribution >= 0.6 is 0 Å². The highest BCUT2D eigenvalue weighted by Gasteiger charge is 2.29. The number of aromatic nitrogens is 2. The summed E-state index contributed by atoms with van der Waals surface area (Å²) in [6.45, 7) is -0.00282. The average molecular weight is 412 g/mol. The van der Waals surface area contributed by atoms with Crippen molar-refractivity contribution in [1.29, 1.82) is 0 Å². The molecule has 1 aromatic heterocycles. The SMILES string of the molecule is O=C(NCCS(=O)(=O)c1ccccc1)Nc1cccc(-c2nc(C3CC3)no2)c1. The van der Waals surface area contributed by atoms with E-state index in [1.807, 2.05) is 6.07 Å². The first-order valence-corrected chi connectivity index (χ1v) is 10.9. The molecule has 0 radical (unpaired) electrons. The first-order valence-electron chi connectivity index (χ1n) is 9.28. The number of benzene rings is 2. The van der Waals surface area contributed by atoms with Crippen LogP contribution in [0.2, 0.25) is 0 Å². The zero-order valence-electron chi connectivity index (χ0n) is 15.5. The summed E-state index contributed by atoms with van der Waals surface area (Å²) in [7, 11) is -3.44. The summed E-state index contributed by atoms with van der Waals surface area (Å²) < 4.78 is 29.8. The van der Waals surface area contributed by atoms with Gasteiger partial charge in [0.25, 0.3) is 5.89 Å². The van der Waals surface area contributed by atoms with E-state index in [0.717, 1.165) is 18.7 Å². The summed E-state index contributed by atoms with van der Waals surface area (Å²) in [6.07, 6.45) is 2.17. The fourth-order valence-electron chi connectivity index (χ4n) is 2.81. The summed E-state index contributed by atoms with van der Waals surface area (Å²) in [5.74, 6) is 1.34. The molecule has 1 fully saturated rings. The molecule has 9 heteroatoms. The van der Waals surface area contributed by atoms with Crippen LogP contribution in [-0.2, 0) is 9.84 Å². The molecule has 1 heterocycles. The van der Waals surface area contributed by atoms with Gasteiger partial charge in [-0.25, -0.2) is 13.2 Å². The summed E-state index contributed by atoms with van der Waals surface area (Å²) in [4.78, 5) is 16.7. The van der Waals surface area contributed by atoms with Crippen LogP contribution in [0.4, 0.5) is 10.5 Å². The van der Waals surface area contributed by atoms with E-state index in [1.165, 1.54) is 12.1 Å². The number of rotatable bonds is 7. The van der Waals surface area contributed by atoms with Crippen LogP contribution in [0.5, 0.6) is 0 Å². The number of nitrogens with one attached hydrogen (secondary N) is 2. The molecule has 1 aliphatic rings. The highest BCUT2D eigenvalue weighted by molar-refractivity contribution is 7.91. The van der Waals surface area contributed by atoms with Crippen LogP contribution in [0.15, 0.2) is 64.0 Å². The highest BCUT2D eigenvalue weighted by Crippen LogP contribution is 2.38. The number of carbonyl (C=O) groups is 1. The molecule has 0 unspecified atom stereocenters. The Hall–Kier alpha value is -3.20. The lowest BCUT2D eigenvalue weighted by atomic mass is 10.2. The van der Waals surface area contributed by atoms with Crippen molar-refractivity contribution in [3.8, 4) is 11.5 Å². The second-order valence-corrected chi connectivity index (χ2v) is 8.93. The molecule has 1 aliphatic carbocycles. The van der Waals surface area contributed by atoms with Crippen molar-refractivity contribution < 1.29 is 17.7 Å². The standard InChI is InChI=1S/C20H20N4O4S/c25-20(21-11-12-29(26,27)17-7-2-1-3-8-17)22-16-6-4-5-15(13-16)19-23-18(24-28-19)14-9-10-14/h1-8,13-14H,9-12H2,(H2,21,22,25). The van der Waals surface area contributed by atoms with Crippen molar-refractivity contribution in [2.24, 2.45) is 0 Å². The zero-order valence-corrected chi connectivity index (χ0v) is 16.4. The molecule has 150 valence electrons. The molecule has 0 aliphatic heterocycles.